The van der Waals surface area contributed by atoms with E-state index in [0.717, 1.165) is 23.3 Å². The van der Waals surface area contributed by atoms with Crippen LogP contribution in [0.5, 0.6) is 5.75 Å². The zero-order valence-electron chi connectivity index (χ0n) is 14.1. The van der Waals surface area contributed by atoms with Gasteiger partial charge in [-0.1, -0.05) is 30.3 Å². The number of nitrogens with one attached hydrogen (secondary N) is 1. The van der Waals surface area contributed by atoms with E-state index in [9.17, 15) is 9.90 Å². The zero-order chi connectivity index (χ0) is 17.2. The maximum atomic E-state index is 12.4. The van der Waals surface area contributed by atoms with Crippen molar-refractivity contribution in [3.8, 4) is 5.75 Å². The van der Waals surface area contributed by atoms with Crippen molar-refractivity contribution >= 4 is 5.91 Å². The SMILES string of the molecule is CC(C)(O)CCc1ccc(C(=O)N[C@@H]2COc3ccccc32)cc1. The van der Waals surface area contributed by atoms with Crippen molar-refractivity contribution in [2.45, 2.75) is 38.3 Å². The molecule has 24 heavy (non-hydrogen) atoms. The molecule has 1 aliphatic rings. The summed E-state index contributed by atoms with van der Waals surface area (Å²) in [5, 5.41) is 12.8. The van der Waals surface area contributed by atoms with E-state index in [4.69, 9.17) is 4.74 Å². The van der Waals surface area contributed by atoms with Crippen LogP contribution in [0.2, 0.25) is 0 Å². The normalized spacial score (nSPS) is 16.4. The van der Waals surface area contributed by atoms with Crippen molar-refractivity contribution in [3.63, 3.8) is 0 Å². The number of rotatable bonds is 5. The summed E-state index contributed by atoms with van der Waals surface area (Å²) in [5.41, 5.74) is 2.09. The van der Waals surface area contributed by atoms with E-state index in [2.05, 4.69) is 5.32 Å². The highest BCUT2D eigenvalue weighted by Gasteiger charge is 2.25. The number of aryl methyl sites for hydroxylation is 1. The van der Waals surface area contributed by atoms with Crippen LogP contribution < -0.4 is 10.1 Å². The number of benzene rings is 2. The fourth-order valence-electron chi connectivity index (χ4n) is 2.80. The molecule has 2 aromatic rings. The maximum Gasteiger partial charge on any atom is 0.251 e. The second-order valence-corrected chi connectivity index (χ2v) is 6.88. The fraction of sp³-hybridized carbons (Fsp3) is 0.350. The summed E-state index contributed by atoms with van der Waals surface area (Å²) in [5.74, 6) is 0.735. The molecule has 0 saturated carbocycles. The van der Waals surface area contributed by atoms with Crippen molar-refractivity contribution in [2.24, 2.45) is 0 Å². The molecule has 1 amide bonds. The Morgan fingerprint density at radius 3 is 2.62 bits per heavy atom. The van der Waals surface area contributed by atoms with Crippen LogP contribution in [-0.2, 0) is 6.42 Å². The Balaban J connectivity index is 1.62. The molecule has 1 heterocycles. The minimum atomic E-state index is -0.675. The third kappa shape index (κ3) is 3.95. The Morgan fingerprint density at radius 2 is 1.92 bits per heavy atom. The first-order chi connectivity index (χ1) is 11.4. The highest BCUT2D eigenvalue weighted by Crippen LogP contribution is 2.31. The standard InChI is InChI=1S/C20H23NO3/c1-20(2,23)12-11-14-7-9-15(10-8-14)19(22)21-17-13-24-18-6-4-3-5-16(17)18/h3-10,17,23H,11-13H2,1-2H3,(H,21,22)/t17-/m1/s1. The predicted octanol–water partition coefficient (Wildman–Crippen LogP) is 3.25. The number of para-hydroxylation sites is 1. The Morgan fingerprint density at radius 1 is 1.21 bits per heavy atom. The number of amides is 1. The van der Waals surface area contributed by atoms with Gasteiger partial charge in [0.05, 0.1) is 11.6 Å². The van der Waals surface area contributed by atoms with E-state index >= 15 is 0 Å². The van der Waals surface area contributed by atoms with Gasteiger partial charge in [-0.2, -0.15) is 0 Å². The van der Waals surface area contributed by atoms with Crippen molar-refractivity contribution in [3.05, 3.63) is 65.2 Å². The number of ether oxygens (including phenoxy) is 1. The Hall–Kier alpha value is -2.33. The topological polar surface area (TPSA) is 58.6 Å². The molecule has 4 heteroatoms. The summed E-state index contributed by atoms with van der Waals surface area (Å²) in [4.78, 5) is 12.4. The van der Waals surface area contributed by atoms with Gasteiger partial charge in [-0.05, 0) is 50.5 Å². The molecule has 0 spiro atoms. The molecule has 0 saturated heterocycles. The average Bonchev–Trinajstić information content (AvgIpc) is 2.96. The highest BCUT2D eigenvalue weighted by atomic mass is 16.5. The van der Waals surface area contributed by atoms with Gasteiger partial charge in [-0.3, -0.25) is 4.79 Å². The van der Waals surface area contributed by atoms with Gasteiger partial charge in [-0.25, -0.2) is 0 Å². The maximum absolute atomic E-state index is 12.4. The van der Waals surface area contributed by atoms with Crippen LogP contribution in [0.15, 0.2) is 48.5 Å². The van der Waals surface area contributed by atoms with Crippen molar-refractivity contribution in [2.75, 3.05) is 6.61 Å². The van der Waals surface area contributed by atoms with Gasteiger partial charge in [0, 0.05) is 11.1 Å². The lowest BCUT2D eigenvalue weighted by atomic mass is 9.98. The van der Waals surface area contributed by atoms with Crippen molar-refractivity contribution in [1.29, 1.82) is 0 Å². The van der Waals surface area contributed by atoms with E-state index in [1.54, 1.807) is 13.8 Å². The molecule has 126 valence electrons. The third-order valence-electron chi connectivity index (χ3n) is 4.25. The summed E-state index contributed by atoms with van der Waals surface area (Å²) in [7, 11) is 0. The van der Waals surface area contributed by atoms with E-state index in [-0.39, 0.29) is 11.9 Å². The second kappa shape index (κ2) is 6.65. The van der Waals surface area contributed by atoms with Crippen LogP contribution in [0.1, 0.15) is 47.8 Å². The molecular weight excluding hydrogens is 302 g/mol. The molecule has 0 unspecified atom stereocenters. The number of carbonyl (C=O) groups is 1. The lowest BCUT2D eigenvalue weighted by Crippen LogP contribution is -2.29. The summed E-state index contributed by atoms with van der Waals surface area (Å²) >= 11 is 0. The monoisotopic (exact) mass is 325 g/mol. The molecule has 2 aromatic carbocycles. The van der Waals surface area contributed by atoms with Crippen LogP contribution in [0.3, 0.4) is 0 Å². The zero-order valence-corrected chi connectivity index (χ0v) is 14.1. The molecule has 3 rings (SSSR count). The minimum absolute atomic E-state index is 0.102. The number of carbonyl (C=O) groups excluding carboxylic acids is 1. The number of hydrogen-bond acceptors (Lipinski definition) is 3. The van der Waals surface area contributed by atoms with E-state index in [1.807, 2.05) is 48.5 Å². The minimum Gasteiger partial charge on any atom is -0.491 e. The molecule has 1 atom stereocenters. The molecule has 0 aromatic heterocycles. The average molecular weight is 325 g/mol. The molecule has 0 radical (unpaired) electrons. The number of fused-ring (bicyclic) bond motifs is 1. The smallest absolute Gasteiger partial charge is 0.251 e. The van der Waals surface area contributed by atoms with E-state index in [0.29, 0.717) is 18.6 Å². The summed E-state index contributed by atoms with van der Waals surface area (Å²) < 4.78 is 5.59. The predicted molar refractivity (Wildman–Crippen MR) is 93.2 cm³/mol. The van der Waals surface area contributed by atoms with Crippen LogP contribution in [0.4, 0.5) is 0 Å². The van der Waals surface area contributed by atoms with Crippen LogP contribution in [-0.4, -0.2) is 23.2 Å². The summed E-state index contributed by atoms with van der Waals surface area (Å²) in [6.45, 7) is 4.07. The largest absolute Gasteiger partial charge is 0.491 e. The lowest BCUT2D eigenvalue weighted by molar-refractivity contribution is 0.0713. The van der Waals surface area contributed by atoms with Crippen LogP contribution in [0.25, 0.3) is 0 Å². The lowest BCUT2D eigenvalue weighted by Gasteiger charge is -2.16. The first kappa shape index (κ1) is 16.5. The van der Waals surface area contributed by atoms with Gasteiger partial charge in [0.1, 0.15) is 12.4 Å². The molecule has 4 nitrogen and oxygen atoms in total. The summed E-state index contributed by atoms with van der Waals surface area (Å²) in [6, 6.07) is 15.2. The highest BCUT2D eigenvalue weighted by molar-refractivity contribution is 5.94. The van der Waals surface area contributed by atoms with Gasteiger partial charge in [0.25, 0.3) is 5.91 Å². The first-order valence-corrected chi connectivity index (χ1v) is 8.26. The van der Waals surface area contributed by atoms with E-state index < -0.39 is 5.60 Å². The van der Waals surface area contributed by atoms with Crippen LogP contribution >= 0.6 is 0 Å². The fourth-order valence-corrected chi connectivity index (χ4v) is 2.80. The molecule has 0 bridgehead atoms. The van der Waals surface area contributed by atoms with Gasteiger partial charge >= 0.3 is 0 Å². The van der Waals surface area contributed by atoms with Gasteiger partial charge in [0.15, 0.2) is 0 Å². The molecular formula is C20H23NO3. The Bertz CT molecular complexity index is 716. The van der Waals surface area contributed by atoms with E-state index in [1.165, 1.54) is 0 Å². The van der Waals surface area contributed by atoms with Gasteiger partial charge in [-0.15, -0.1) is 0 Å². The third-order valence-corrected chi connectivity index (χ3v) is 4.25. The van der Waals surface area contributed by atoms with Crippen molar-refractivity contribution < 1.29 is 14.6 Å². The van der Waals surface area contributed by atoms with Crippen LogP contribution in [0, 0.1) is 0 Å². The number of aliphatic hydroxyl groups is 1. The molecule has 2 N–H and O–H groups in total. The molecule has 1 aliphatic heterocycles. The van der Waals surface area contributed by atoms with Gasteiger partial charge < -0.3 is 15.2 Å². The first-order valence-electron chi connectivity index (χ1n) is 8.26. The molecule has 0 aliphatic carbocycles. The molecule has 0 fully saturated rings. The quantitative estimate of drug-likeness (QED) is 0.887. The Labute approximate surface area is 142 Å². The second-order valence-electron chi connectivity index (χ2n) is 6.88. The van der Waals surface area contributed by atoms with Crippen molar-refractivity contribution in [1.82, 2.24) is 5.32 Å². The summed E-state index contributed by atoms with van der Waals surface area (Å²) in [6.07, 6.45) is 1.48. The van der Waals surface area contributed by atoms with Gasteiger partial charge in [0.2, 0.25) is 0 Å². The number of hydrogen-bond donors (Lipinski definition) is 2. The Kier molecular flexibility index (Phi) is 4.58.